The summed E-state index contributed by atoms with van der Waals surface area (Å²) in [7, 11) is 1.38. The molecule has 6 nitrogen and oxygen atoms in total. The number of carbonyl (C=O) groups is 2. The van der Waals surface area contributed by atoms with Gasteiger partial charge in [-0.05, 0) is 116 Å². The predicted molar refractivity (Wildman–Crippen MR) is 249 cm³/mol. The summed E-state index contributed by atoms with van der Waals surface area (Å²) in [5.74, 6) is -0.614. The van der Waals surface area contributed by atoms with Crippen LogP contribution >= 0.6 is 15.9 Å². The van der Waals surface area contributed by atoms with Gasteiger partial charge in [0.2, 0.25) is 0 Å². The zero-order valence-corrected chi connectivity index (χ0v) is 35.0. The number of carbonyl (C=O) groups excluding carboxylic acids is 2. The first kappa shape index (κ1) is 43.0. The second-order valence-electron chi connectivity index (χ2n) is 13.9. The van der Waals surface area contributed by atoms with Crippen LogP contribution in [0.4, 0.5) is 0 Å². The Balaban J connectivity index is 0.000000162. The summed E-state index contributed by atoms with van der Waals surface area (Å²) in [5.41, 5.74) is 8.90. The first-order valence-corrected chi connectivity index (χ1v) is 20.2. The first-order valence-electron chi connectivity index (χ1n) is 19.4. The van der Waals surface area contributed by atoms with Crippen molar-refractivity contribution in [1.29, 1.82) is 0 Å². The molecule has 0 bridgehead atoms. The lowest BCUT2D eigenvalue weighted by atomic mass is 9.80. The SMILES string of the molecule is COC(=O)c1ccc2cc(-c3ccc(CCc4ccccc4)cc3)ccc2c1.COC(=O)c1ccc2cc(Br)ccc2c1.OB(O)c1ccc(/C=C/c2ccccc2)cc1. The lowest BCUT2D eigenvalue weighted by molar-refractivity contribution is 0.0592. The van der Waals surface area contributed by atoms with E-state index >= 15 is 0 Å². The molecule has 0 fully saturated rings. The standard InChI is InChI=1S/C26H22O2.C14H13BO2.C12H9BrO2/c1-28-26(27)25-16-15-23-17-22(13-14-24(23)18-25)21-11-9-20(10-12-21)8-7-19-5-3-2-4-6-19;16-15(17)14-10-8-13(9-11-14)7-6-12-4-2-1-3-5-12;1-15-12(14)10-3-2-9-7-11(13)5-4-8(9)6-10/h2-6,9-18H,7-8H2,1H3;1-11,16-17H;2-7H,1H3/b;7-6+;. The quantitative estimate of drug-likeness (QED) is 0.0853. The molecule has 2 N–H and O–H groups in total. The Bertz CT molecular complexity index is 2680. The number of fused-ring (bicyclic) bond motifs is 2. The van der Waals surface area contributed by atoms with Crippen molar-refractivity contribution in [2.45, 2.75) is 12.8 Å². The molecule has 0 aliphatic heterocycles. The molecule has 8 aromatic rings. The molecule has 0 spiro atoms. The third-order valence-electron chi connectivity index (χ3n) is 9.82. The van der Waals surface area contributed by atoms with E-state index in [4.69, 9.17) is 14.8 Å². The molecule has 0 heterocycles. The fourth-order valence-corrected chi connectivity index (χ4v) is 6.84. The molecular formula is C52H44BBrO6. The van der Waals surface area contributed by atoms with Crippen LogP contribution in [0.15, 0.2) is 186 Å². The number of methoxy groups -OCH3 is 2. The number of rotatable bonds is 9. The molecule has 0 aromatic heterocycles. The number of benzene rings is 8. The first-order chi connectivity index (χ1) is 29.2. The molecule has 8 heteroatoms. The largest absolute Gasteiger partial charge is 0.488 e. The number of ether oxygens (including phenoxy) is 2. The smallest absolute Gasteiger partial charge is 0.465 e. The van der Waals surface area contributed by atoms with Gasteiger partial charge in [0.25, 0.3) is 0 Å². The fourth-order valence-electron chi connectivity index (χ4n) is 6.46. The average molecular weight is 856 g/mol. The summed E-state index contributed by atoms with van der Waals surface area (Å²) in [4.78, 5) is 23.0. The van der Waals surface area contributed by atoms with Crippen LogP contribution in [-0.2, 0) is 22.3 Å². The van der Waals surface area contributed by atoms with Crippen LogP contribution in [0, 0.1) is 0 Å². The van der Waals surface area contributed by atoms with E-state index in [1.807, 2.05) is 103 Å². The van der Waals surface area contributed by atoms with E-state index in [9.17, 15) is 9.59 Å². The third kappa shape index (κ3) is 12.2. The number of hydrogen-bond acceptors (Lipinski definition) is 6. The molecule has 0 aliphatic rings. The van der Waals surface area contributed by atoms with Gasteiger partial charge in [-0.15, -0.1) is 0 Å². The highest BCUT2D eigenvalue weighted by atomic mass is 79.9. The molecule has 0 aliphatic carbocycles. The number of halogens is 1. The third-order valence-corrected chi connectivity index (χ3v) is 10.3. The summed E-state index contributed by atoms with van der Waals surface area (Å²) >= 11 is 3.40. The lowest BCUT2D eigenvalue weighted by Crippen LogP contribution is -2.29. The van der Waals surface area contributed by atoms with E-state index in [1.54, 1.807) is 18.2 Å². The molecule has 0 saturated heterocycles. The van der Waals surface area contributed by atoms with Crippen molar-refractivity contribution >= 4 is 74.1 Å². The summed E-state index contributed by atoms with van der Waals surface area (Å²) in [6.07, 6.45) is 6.10. The van der Waals surface area contributed by atoms with Gasteiger partial charge in [0.15, 0.2) is 0 Å². The van der Waals surface area contributed by atoms with Crippen LogP contribution in [0.5, 0.6) is 0 Å². The predicted octanol–water partition coefficient (Wildman–Crippen LogP) is 11.0. The van der Waals surface area contributed by atoms with Gasteiger partial charge in [-0.3, -0.25) is 0 Å². The van der Waals surface area contributed by atoms with Crippen LogP contribution in [0.3, 0.4) is 0 Å². The van der Waals surface area contributed by atoms with Crippen molar-refractivity contribution < 1.29 is 29.1 Å². The van der Waals surface area contributed by atoms with Gasteiger partial charge in [0.1, 0.15) is 0 Å². The van der Waals surface area contributed by atoms with E-state index in [1.165, 1.54) is 36.5 Å². The minimum atomic E-state index is -1.40. The van der Waals surface area contributed by atoms with Crippen molar-refractivity contribution in [3.63, 3.8) is 0 Å². The van der Waals surface area contributed by atoms with E-state index in [2.05, 4.69) is 93.5 Å². The van der Waals surface area contributed by atoms with Crippen molar-refractivity contribution in [2.75, 3.05) is 14.2 Å². The van der Waals surface area contributed by atoms with Gasteiger partial charge in [0, 0.05) is 4.47 Å². The Labute approximate surface area is 359 Å². The van der Waals surface area contributed by atoms with Gasteiger partial charge in [-0.2, -0.15) is 0 Å². The van der Waals surface area contributed by atoms with Crippen LogP contribution < -0.4 is 5.46 Å². The molecular weight excluding hydrogens is 811 g/mol. The summed E-state index contributed by atoms with van der Waals surface area (Å²) in [5, 5.41) is 22.2. The van der Waals surface area contributed by atoms with Crippen LogP contribution in [0.25, 0.3) is 44.8 Å². The van der Waals surface area contributed by atoms with Crippen LogP contribution in [0.2, 0.25) is 0 Å². The second-order valence-corrected chi connectivity index (χ2v) is 14.8. The maximum Gasteiger partial charge on any atom is 0.488 e. The van der Waals surface area contributed by atoms with Gasteiger partial charge in [-0.25, -0.2) is 9.59 Å². The van der Waals surface area contributed by atoms with Crippen molar-refractivity contribution in [1.82, 2.24) is 0 Å². The maximum atomic E-state index is 11.7. The summed E-state index contributed by atoms with van der Waals surface area (Å²) in [6, 6.07) is 59.9. The Morgan fingerprint density at radius 1 is 0.500 bits per heavy atom. The minimum Gasteiger partial charge on any atom is -0.465 e. The van der Waals surface area contributed by atoms with Crippen LogP contribution in [-0.4, -0.2) is 43.3 Å². The normalized spacial score (nSPS) is 10.6. The Morgan fingerprint density at radius 3 is 1.50 bits per heavy atom. The van der Waals surface area contributed by atoms with Crippen molar-refractivity contribution in [3.8, 4) is 11.1 Å². The summed E-state index contributed by atoms with van der Waals surface area (Å²) < 4.78 is 10.5. The summed E-state index contributed by atoms with van der Waals surface area (Å²) in [6.45, 7) is 0. The Hall–Kier alpha value is -6.58. The zero-order valence-electron chi connectivity index (χ0n) is 33.4. The highest BCUT2D eigenvalue weighted by molar-refractivity contribution is 9.10. The monoisotopic (exact) mass is 854 g/mol. The van der Waals surface area contributed by atoms with E-state index in [0.29, 0.717) is 16.6 Å². The fraction of sp³-hybridized carbons (Fsp3) is 0.0769. The highest BCUT2D eigenvalue weighted by Crippen LogP contribution is 2.26. The molecule has 8 aromatic carbocycles. The molecule has 0 radical (unpaired) electrons. The molecule has 0 atom stereocenters. The van der Waals surface area contributed by atoms with E-state index in [0.717, 1.165) is 50.0 Å². The van der Waals surface area contributed by atoms with Crippen molar-refractivity contribution in [2.24, 2.45) is 0 Å². The lowest BCUT2D eigenvalue weighted by Gasteiger charge is -2.07. The van der Waals surface area contributed by atoms with Gasteiger partial charge >= 0.3 is 19.1 Å². The molecule has 0 saturated carbocycles. The van der Waals surface area contributed by atoms with E-state index in [-0.39, 0.29) is 11.9 Å². The average Bonchev–Trinajstić information content (AvgIpc) is 3.30. The molecule has 60 heavy (non-hydrogen) atoms. The van der Waals surface area contributed by atoms with Crippen LogP contribution in [0.1, 0.15) is 43.0 Å². The van der Waals surface area contributed by atoms with E-state index < -0.39 is 7.12 Å². The van der Waals surface area contributed by atoms with Crippen molar-refractivity contribution in [3.05, 3.63) is 220 Å². The molecule has 0 unspecified atom stereocenters. The van der Waals surface area contributed by atoms with Gasteiger partial charge in [-0.1, -0.05) is 168 Å². The van der Waals surface area contributed by atoms with Gasteiger partial charge < -0.3 is 19.5 Å². The minimum absolute atomic E-state index is 0.306. The highest BCUT2D eigenvalue weighted by Gasteiger charge is 2.10. The van der Waals surface area contributed by atoms with Gasteiger partial charge in [0.05, 0.1) is 25.3 Å². The number of aryl methyl sites for hydroxylation is 2. The second kappa shape index (κ2) is 21.4. The zero-order chi connectivity index (χ0) is 42.3. The molecule has 298 valence electrons. The Morgan fingerprint density at radius 2 is 0.950 bits per heavy atom. The molecule has 0 amide bonds. The maximum absolute atomic E-state index is 11.7. The number of esters is 2. The molecule has 8 rings (SSSR count). The number of hydrogen-bond donors (Lipinski definition) is 2. The topological polar surface area (TPSA) is 93.1 Å². The Kier molecular flexibility index (Phi) is 15.4.